The lowest BCUT2D eigenvalue weighted by Gasteiger charge is -2.37. The molecule has 0 spiro atoms. The highest BCUT2D eigenvalue weighted by atomic mass is 35.5. The molecule has 6 rings (SSSR count). The number of amides is 4. The maximum absolute atomic E-state index is 15.4. The molecule has 54 heavy (non-hydrogen) atoms. The van der Waals surface area contributed by atoms with Crippen LogP contribution in [0.3, 0.4) is 0 Å². The van der Waals surface area contributed by atoms with E-state index in [9.17, 15) is 24.3 Å². The van der Waals surface area contributed by atoms with Crippen molar-refractivity contribution in [1.82, 2.24) is 34.4 Å². The van der Waals surface area contributed by atoms with Crippen LogP contribution in [0.2, 0.25) is 5.02 Å². The maximum Gasteiger partial charge on any atom is 0.411 e. The van der Waals surface area contributed by atoms with Gasteiger partial charge in [-0.25, -0.2) is 18.6 Å². The lowest BCUT2D eigenvalue weighted by Crippen LogP contribution is -2.55. The molecule has 4 heterocycles. The number of benzene rings is 2. The first-order valence-corrected chi connectivity index (χ1v) is 17.7. The Morgan fingerprint density at radius 1 is 1.00 bits per heavy atom. The van der Waals surface area contributed by atoms with Crippen LogP contribution in [0.25, 0.3) is 22.4 Å². The van der Waals surface area contributed by atoms with Gasteiger partial charge in [0.15, 0.2) is 17.5 Å². The molecular weight excluding hydrogens is 726 g/mol. The summed E-state index contributed by atoms with van der Waals surface area (Å²) in [4.78, 5) is 61.4. The van der Waals surface area contributed by atoms with Crippen molar-refractivity contribution in [2.75, 3.05) is 38.0 Å². The van der Waals surface area contributed by atoms with E-state index in [1.165, 1.54) is 53.0 Å². The van der Waals surface area contributed by atoms with E-state index >= 15 is 8.78 Å². The first-order valence-electron chi connectivity index (χ1n) is 17.3. The number of halogens is 3. The third-order valence-electron chi connectivity index (χ3n) is 9.47. The summed E-state index contributed by atoms with van der Waals surface area (Å²) in [6.45, 7) is 9.39. The molecule has 0 saturated carbocycles. The highest BCUT2D eigenvalue weighted by Crippen LogP contribution is 2.34. The van der Waals surface area contributed by atoms with E-state index < -0.39 is 41.4 Å². The first-order chi connectivity index (χ1) is 25.4. The van der Waals surface area contributed by atoms with Crippen LogP contribution in [0.15, 0.2) is 36.5 Å². The second-order valence-electron chi connectivity index (χ2n) is 14.4. The normalized spacial score (nSPS) is 17.6. The number of carbonyl (C=O) groups is 4. The smallest absolute Gasteiger partial charge is 0.411 e. The summed E-state index contributed by atoms with van der Waals surface area (Å²) in [6, 6.07) is 6.41. The van der Waals surface area contributed by atoms with Gasteiger partial charge in [0.2, 0.25) is 5.91 Å². The summed E-state index contributed by atoms with van der Waals surface area (Å²) >= 11 is 6.52. The Bertz CT molecular complexity index is 2120. The van der Waals surface area contributed by atoms with Crippen molar-refractivity contribution in [2.45, 2.75) is 58.8 Å². The molecule has 0 radical (unpaired) electrons. The number of aromatic amines is 1. The summed E-state index contributed by atoms with van der Waals surface area (Å²) in [5.74, 6) is -3.58. The van der Waals surface area contributed by atoms with Crippen LogP contribution in [-0.4, -0.2) is 114 Å². The van der Waals surface area contributed by atoms with Gasteiger partial charge in [0.25, 0.3) is 11.8 Å². The fourth-order valence-corrected chi connectivity index (χ4v) is 7.05. The number of carbonyl (C=O) groups excluding carboxylic acids is 4. The Morgan fingerprint density at radius 2 is 1.65 bits per heavy atom. The molecule has 0 aliphatic carbocycles. The Balaban J connectivity index is 1.08. The highest BCUT2D eigenvalue weighted by Gasteiger charge is 2.43. The fourth-order valence-electron chi connectivity index (χ4n) is 6.79. The molecule has 4 amide bonds. The van der Waals surface area contributed by atoms with E-state index in [-0.39, 0.29) is 89.9 Å². The number of β-amino-alcohol motifs (C(OH)–C–C–N with tert-alkyl or cyclic N) is 1. The number of aliphatic hydroxyl groups excluding tert-OH is 1. The number of rotatable bonds is 6. The van der Waals surface area contributed by atoms with Crippen molar-refractivity contribution in [1.29, 1.82) is 0 Å². The van der Waals surface area contributed by atoms with Gasteiger partial charge in [0.1, 0.15) is 11.6 Å². The number of anilines is 1. The van der Waals surface area contributed by atoms with Gasteiger partial charge in [-0.3, -0.25) is 24.4 Å². The second kappa shape index (κ2) is 14.8. The summed E-state index contributed by atoms with van der Waals surface area (Å²) in [5, 5.41) is 19.8. The number of nitrogens with one attached hydrogen (secondary N) is 2. The number of ether oxygens (including phenoxy) is 1. The number of hydrogen-bond acceptors (Lipinski definition) is 8. The fraction of sp³-hybridized carbons (Fsp3) is 0.405. The molecule has 4 aromatic rings. The van der Waals surface area contributed by atoms with E-state index in [1.54, 1.807) is 44.4 Å². The topological polar surface area (TPSA) is 166 Å². The average molecular weight is 767 g/mol. The first kappa shape index (κ1) is 38.4. The van der Waals surface area contributed by atoms with Crippen molar-refractivity contribution < 1.29 is 37.8 Å². The van der Waals surface area contributed by atoms with Gasteiger partial charge in [0.05, 0.1) is 40.8 Å². The van der Waals surface area contributed by atoms with E-state index in [0.29, 0.717) is 17.0 Å². The minimum atomic E-state index is -1.10. The second-order valence-corrected chi connectivity index (χ2v) is 14.8. The number of aromatic nitrogens is 4. The molecule has 17 heteroatoms. The highest BCUT2D eigenvalue weighted by molar-refractivity contribution is 6.34. The number of piperazine rings is 1. The minimum Gasteiger partial charge on any atom is -0.444 e. The van der Waals surface area contributed by atoms with E-state index in [2.05, 4.69) is 20.5 Å². The summed E-state index contributed by atoms with van der Waals surface area (Å²) in [7, 11) is 1.50. The van der Waals surface area contributed by atoms with Crippen LogP contribution in [0, 0.1) is 25.5 Å². The van der Waals surface area contributed by atoms with Crippen LogP contribution in [0.4, 0.5) is 19.3 Å². The van der Waals surface area contributed by atoms with Gasteiger partial charge in [-0.1, -0.05) is 17.7 Å². The molecule has 2 aromatic heterocycles. The largest absolute Gasteiger partial charge is 0.444 e. The van der Waals surface area contributed by atoms with Gasteiger partial charge < -0.3 is 29.5 Å². The molecule has 286 valence electrons. The van der Waals surface area contributed by atoms with Gasteiger partial charge in [-0.05, 0) is 58.9 Å². The molecule has 2 saturated heterocycles. The van der Waals surface area contributed by atoms with Gasteiger partial charge in [-0.15, -0.1) is 0 Å². The van der Waals surface area contributed by atoms with Crippen LogP contribution in [0.1, 0.15) is 59.6 Å². The lowest BCUT2D eigenvalue weighted by molar-refractivity contribution is -0.137. The zero-order valence-corrected chi connectivity index (χ0v) is 31.4. The number of imidazole rings is 1. The Hall–Kier alpha value is -5.35. The zero-order valence-electron chi connectivity index (χ0n) is 30.7. The van der Waals surface area contributed by atoms with Gasteiger partial charge in [-0.2, -0.15) is 5.10 Å². The summed E-state index contributed by atoms with van der Waals surface area (Å²) < 4.78 is 37.5. The number of hydrogen-bond donors (Lipinski definition) is 3. The molecule has 2 fully saturated rings. The number of nitrogens with zero attached hydrogens (tertiary/aromatic N) is 6. The molecule has 2 unspecified atom stereocenters. The predicted molar refractivity (Wildman–Crippen MR) is 195 cm³/mol. The van der Waals surface area contributed by atoms with E-state index in [4.69, 9.17) is 16.3 Å². The monoisotopic (exact) mass is 766 g/mol. The van der Waals surface area contributed by atoms with Crippen molar-refractivity contribution in [2.24, 2.45) is 7.05 Å². The lowest BCUT2D eigenvalue weighted by atomic mass is 10.00. The van der Waals surface area contributed by atoms with Crippen molar-refractivity contribution >= 4 is 41.1 Å². The minimum absolute atomic E-state index is 0.00942. The third-order valence-corrected chi connectivity index (χ3v) is 9.79. The zero-order chi connectivity index (χ0) is 39.2. The maximum atomic E-state index is 15.4. The number of H-pyrrole nitrogens is 1. The molecule has 14 nitrogen and oxygen atoms in total. The Labute approximate surface area is 315 Å². The standard InChI is InChI=1S/C37H41ClF2N8O6/c1-19-29(20(2)44-43-19)25-10-9-24(30(39)31(25)40)28-17-41-32(45(28)6)33(50)42-21-7-8-23(26(38)15-21)34(51)46-11-13-47(14-12-46)35(52)27-16-22(49)18-48(27)36(53)54-37(3,4)5/h7-10,15,17,22,27,49H,11-14,16,18H2,1-6H3,(H,42,50)(H,43,44). The quantitative estimate of drug-likeness (QED) is 0.249. The summed E-state index contributed by atoms with van der Waals surface area (Å²) in [6.07, 6.45) is -0.158. The number of likely N-dealkylation sites (tertiary alicyclic amines) is 1. The predicted octanol–water partition coefficient (Wildman–Crippen LogP) is 4.93. The molecule has 2 atom stereocenters. The molecule has 3 N–H and O–H groups in total. The Kier molecular flexibility index (Phi) is 10.5. The van der Waals surface area contributed by atoms with Crippen molar-refractivity contribution in [3.8, 4) is 22.4 Å². The van der Waals surface area contributed by atoms with Crippen molar-refractivity contribution in [3.05, 3.63) is 76.0 Å². The SMILES string of the molecule is Cc1n[nH]c(C)c1-c1ccc(-c2cnc(C(=O)Nc3ccc(C(=O)N4CCN(C(=O)C5CC(O)CN5C(=O)OC(C)(C)C)CC4)c(Cl)c3)n2C)c(F)c1F. The van der Waals surface area contributed by atoms with Gasteiger partial charge in [0, 0.05) is 67.7 Å². The van der Waals surface area contributed by atoms with Crippen LogP contribution >= 0.6 is 11.6 Å². The third kappa shape index (κ3) is 7.53. The van der Waals surface area contributed by atoms with Crippen molar-refractivity contribution in [3.63, 3.8) is 0 Å². The van der Waals surface area contributed by atoms with Gasteiger partial charge >= 0.3 is 6.09 Å². The number of aryl methyl sites for hydroxylation is 2. The molecule has 2 aromatic carbocycles. The van der Waals surface area contributed by atoms with E-state index in [0.717, 1.165) is 0 Å². The Morgan fingerprint density at radius 3 is 2.28 bits per heavy atom. The molecular formula is C37H41ClF2N8O6. The molecule has 0 bridgehead atoms. The van der Waals surface area contributed by atoms with E-state index in [1.807, 2.05) is 0 Å². The number of aliphatic hydroxyl groups is 1. The summed E-state index contributed by atoms with van der Waals surface area (Å²) in [5.41, 5.74) is 1.43. The van der Waals surface area contributed by atoms with Crippen LogP contribution in [0.5, 0.6) is 0 Å². The molecule has 2 aliphatic rings. The molecule has 2 aliphatic heterocycles. The van der Waals surface area contributed by atoms with Crippen LogP contribution < -0.4 is 5.32 Å². The average Bonchev–Trinajstić information content (AvgIpc) is 3.80. The van der Waals surface area contributed by atoms with Crippen LogP contribution in [-0.2, 0) is 16.6 Å².